The molecule has 0 aliphatic heterocycles. The van der Waals surface area contributed by atoms with Crippen molar-refractivity contribution < 1.29 is 25.2 Å². The molecule has 0 saturated carbocycles. The summed E-state index contributed by atoms with van der Waals surface area (Å²) in [5.41, 5.74) is -1.59. The predicted octanol–water partition coefficient (Wildman–Crippen LogP) is -1.20. The van der Waals surface area contributed by atoms with E-state index in [0.717, 1.165) is 0 Å². The minimum absolute atomic E-state index is 0.110. The molecule has 0 atom stereocenters. The Kier molecular flexibility index (Phi) is 8.83. The first-order valence-electron chi connectivity index (χ1n) is 5.30. The Morgan fingerprint density at radius 1 is 0.706 bits per heavy atom. The Morgan fingerprint density at radius 2 is 1.00 bits per heavy atom. The maximum atomic E-state index is 9.17. The van der Waals surface area contributed by atoms with Crippen LogP contribution in [0.5, 0.6) is 0 Å². The van der Waals surface area contributed by atoms with E-state index in [9.17, 15) is 20.4 Å². The Bertz CT molecular complexity index is 159. The van der Waals surface area contributed by atoms with Crippen LogP contribution >= 0.6 is 25.3 Å². The Balaban J connectivity index is 4.28. The van der Waals surface area contributed by atoms with Gasteiger partial charge in [-0.3, -0.25) is 0 Å². The molecule has 0 amide bonds. The molecule has 0 rings (SSSR count). The van der Waals surface area contributed by atoms with Crippen LogP contribution in [0.4, 0.5) is 0 Å². The number of ether oxygens (including phenoxy) is 1. The number of hydrogen-bond donors (Lipinski definition) is 6. The predicted molar refractivity (Wildman–Crippen MR) is 71.7 cm³/mol. The minimum atomic E-state index is -0.795. The average molecular weight is 286 g/mol. The van der Waals surface area contributed by atoms with Gasteiger partial charge in [0.1, 0.15) is 0 Å². The first kappa shape index (κ1) is 17.5. The summed E-state index contributed by atoms with van der Waals surface area (Å²) in [5.74, 6) is 0.568. The zero-order valence-corrected chi connectivity index (χ0v) is 11.5. The second-order valence-electron chi connectivity index (χ2n) is 4.44. The molecule has 17 heavy (non-hydrogen) atoms. The molecule has 0 aliphatic rings. The largest absolute Gasteiger partial charge is 0.396 e. The van der Waals surface area contributed by atoms with Gasteiger partial charge < -0.3 is 25.2 Å². The van der Waals surface area contributed by atoms with E-state index in [1.807, 2.05) is 0 Å². The van der Waals surface area contributed by atoms with E-state index in [0.29, 0.717) is 0 Å². The maximum Gasteiger partial charge on any atom is 0.0574 e. The van der Waals surface area contributed by atoms with Crippen molar-refractivity contribution in [2.45, 2.75) is 0 Å². The second-order valence-corrected chi connectivity index (χ2v) is 5.07. The van der Waals surface area contributed by atoms with Gasteiger partial charge in [-0.25, -0.2) is 0 Å². The smallest absolute Gasteiger partial charge is 0.0574 e. The third kappa shape index (κ3) is 4.94. The summed E-state index contributed by atoms with van der Waals surface area (Å²) >= 11 is 8.12. The highest BCUT2D eigenvalue weighted by atomic mass is 32.1. The van der Waals surface area contributed by atoms with Crippen LogP contribution in [-0.4, -0.2) is 71.6 Å². The van der Waals surface area contributed by atoms with Gasteiger partial charge in [0.15, 0.2) is 0 Å². The molecule has 7 heteroatoms. The lowest BCUT2D eigenvalue weighted by molar-refractivity contribution is -0.0603. The molecule has 4 N–H and O–H groups in total. The third-order valence-corrected chi connectivity index (χ3v) is 4.17. The van der Waals surface area contributed by atoms with E-state index in [4.69, 9.17) is 4.74 Å². The summed E-state index contributed by atoms with van der Waals surface area (Å²) in [6, 6.07) is 0. The summed E-state index contributed by atoms with van der Waals surface area (Å²) in [5, 5.41) is 36.7. The Hall–Kier alpha value is 0.500. The topological polar surface area (TPSA) is 90.2 Å². The minimum Gasteiger partial charge on any atom is -0.396 e. The highest BCUT2D eigenvalue weighted by Gasteiger charge is 2.31. The number of hydrogen-bond acceptors (Lipinski definition) is 7. The fourth-order valence-electron chi connectivity index (χ4n) is 1.06. The molecule has 104 valence electrons. The van der Waals surface area contributed by atoms with Crippen LogP contribution in [0.1, 0.15) is 0 Å². The van der Waals surface area contributed by atoms with Crippen molar-refractivity contribution in [1.82, 2.24) is 0 Å². The molecule has 0 aromatic rings. The van der Waals surface area contributed by atoms with E-state index in [2.05, 4.69) is 25.3 Å². The normalized spacial score (nSPS) is 13.1. The van der Waals surface area contributed by atoms with Crippen LogP contribution in [0.3, 0.4) is 0 Å². The van der Waals surface area contributed by atoms with Crippen molar-refractivity contribution in [3.05, 3.63) is 0 Å². The van der Waals surface area contributed by atoms with Crippen LogP contribution in [0.15, 0.2) is 0 Å². The van der Waals surface area contributed by atoms with Gasteiger partial charge in [-0.1, -0.05) is 0 Å². The van der Waals surface area contributed by atoms with E-state index < -0.39 is 10.8 Å². The maximum absolute atomic E-state index is 9.17. The van der Waals surface area contributed by atoms with Gasteiger partial charge in [0.25, 0.3) is 0 Å². The standard InChI is InChI=1S/C10H22O5S2/c11-1-9(2-12,7-16)5-15-6-10(3-13,4-14)8-17/h11-14,16-17H,1-8H2. The number of aliphatic hydroxyl groups is 4. The molecule has 0 spiro atoms. The van der Waals surface area contributed by atoms with Crippen LogP contribution in [0, 0.1) is 10.8 Å². The van der Waals surface area contributed by atoms with E-state index in [-0.39, 0.29) is 51.1 Å². The summed E-state index contributed by atoms with van der Waals surface area (Å²) in [4.78, 5) is 0. The van der Waals surface area contributed by atoms with Gasteiger partial charge in [0, 0.05) is 22.3 Å². The van der Waals surface area contributed by atoms with E-state index in [1.165, 1.54) is 0 Å². The molecule has 0 aromatic carbocycles. The lowest BCUT2D eigenvalue weighted by Gasteiger charge is -2.32. The van der Waals surface area contributed by atoms with Crippen molar-refractivity contribution in [1.29, 1.82) is 0 Å². The summed E-state index contributed by atoms with van der Waals surface area (Å²) in [7, 11) is 0. The van der Waals surface area contributed by atoms with Crippen molar-refractivity contribution in [2.24, 2.45) is 10.8 Å². The fraction of sp³-hybridized carbons (Fsp3) is 1.00. The highest BCUT2D eigenvalue weighted by Crippen LogP contribution is 2.22. The Morgan fingerprint density at radius 3 is 1.18 bits per heavy atom. The van der Waals surface area contributed by atoms with Gasteiger partial charge in [-0.2, -0.15) is 25.3 Å². The molecule has 0 aromatic heterocycles. The van der Waals surface area contributed by atoms with Crippen LogP contribution in [0.2, 0.25) is 0 Å². The van der Waals surface area contributed by atoms with Gasteiger partial charge in [0.2, 0.25) is 0 Å². The molecule has 0 radical (unpaired) electrons. The summed E-state index contributed by atoms with van der Waals surface area (Å²) in [6.45, 7) is -0.728. The first-order valence-corrected chi connectivity index (χ1v) is 6.57. The van der Waals surface area contributed by atoms with E-state index in [1.54, 1.807) is 0 Å². The van der Waals surface area contributed by atoms with Gasteiger partial charge in [-0.05, 0) is 0 Å². The lowest BCUT2D eigenvalue weighted by Crippen LogP contribution is -2.41. The quantitative estimate of drug-likeness (QED) is 0.284. The first-order chi connectivity index (χ1) is 8.07. The van der Waals surface area contributed by atoms with Crippen molar-refractivity contribution in [3.8, 4) is 0 Å². The number of thiol groups is 2. The zero-order valence-electron chi connectivity index (χ0n) is 9.75. The fourth-order valence-corrected chi connectivity index (χ4v) is 1.64. The van der Waals surface area contributed by atoms with E-state index >= 15 is 0 Å². The van der Waals surface area contributed by atoms with Gasteiger partial charge in [-0.15, -0.1) is 0 Å². The van der Waals surface area contributed by atoms with Crippen molar-refractivity contribution in [3.63, 3.8) is 0 Å². The van der Waals surface area contributed by atoms with Crippen LogP contribution in [-0.2, 0) is 4.74 Å². The molecule has 0 fully saturated rings. The SMILES string of the molecule is OCC(CO)(CS)COCC(CO)(CO)CS. The number of aliphatic hydroxyl groups excluding tert-OH is 4. The summed E-state index contributed by atoms with van der Waals surface area (Å²) in [6.07, 6.45) is 0. The van der Waals surface area contributed by atoms with Gasteiger partial charge >= 0.3 is 0 Å². The molecule has 0 bridgehead atoms. The monoisotopic (exact) mass is 286 g/mol. The molecular weight excluding hydrogens is 264 g/mol. The molecule has 0 saturated heterocycles. The Labute approximate surface area is 113 Å². The van der Waals surface area contributed by atoms with Crippen LogP contribution in [0.25, 0.3) is 0 Å². The molecule has 0 aliphatic carbocycles. The average Bonchev–Trinajstić information content (AvgIpc) is 2.41. The van der Waals surface area contributed by atoms with Crippen LogP contribution < -0.4 is 0 Å². The highest BCUT2D eigenvalue weighted by molar-refractivity contribution is 7.80. The number of rotatable bonds is 10. The second kappa shape index (κ2) is 8.58. The zero-order chi connectivity index (χ0) is 13.4. The molecular formula is C10H22O5S2. The van der Waals surface area contributed by atoms with Gasteiger partial charge in [0.05, 0.1) is 39.6 Å². The molecule has 0 heterocycles. The molecule has 0 unspecified atom stereocenters. The molecule has 5 nitrogen and oxygen atoms in total. The third-order valence-electron chi connectivity index (χ3n) is 2.83. The lowest BCUT2D eigenvalue weighted by atomic mass is 9.92. The van der Waals surface area contributed by atoms with Crippen molar-refractivity contribution in [2.75, 3.05) is 51.1 Å². The van der Waals surface area contributed by atoms with Crippen molar-refractivity contribution >= 4 is 25.3 Å². The summed E-state index contributed by atoms with van der Waals surface area (Å²) < 4.78 is 5.37.